The van der Waals surface area contributed by atoms with Crippen LogP contribution in [0.3, 0.4) is 0 Å². The average Bonchev–Trinajstić information content (AvgIpc) is 3.29. The average molecular weight is 502 g/mol. The third kappa shape index (κ3) is 4.81. The Morgan fingerprint density at radius 3 is 2.66 bits per heavy atom. The molecule has 9 nitrogen and oxygen atoms in total. The van der Waals surface area contributed by atoms with Crippen molar-refractivity contribution < 1.29 is 23.8 Å². The summed E-state index contributed by atoms with van der Waals surface area (Å²) in [5.41, 5.74) is 1.08. The first-order valence-corrected chi connectivity index (χ1v) is 11.9. The fraction of sp³-hybridized carbons (Fsp3) is 0.417. The normalized spacial score (nSPS) is 28.2. The number of carboxylic acids is 1. The van der Waals surface area contributed by atoms with Gasteiger partial charge in [0.05, 0.1) is 35.9 Å². The summed E-state index contributed by atoms with van der Waals surface area (Å²) in [5.74, 6) is -1.08. The van der Waals surface area contributed by atoms with Crippen LogP contribution in [0.15, 0.2) is 45.8 Å². The van der Waals surface area contributed by atoms with Gasteiger partial charge in [-0.25, -0.2) is 9.38 Å². The van der Waals surface area contributed by atoms with Gasteiger partial charge in [0, 0.05) is 36.1 Å². The highest BCUT2D eigenvalue weighted by atomic mass is 35.5. The third-order valence-corrected chi connectivity index (χ3v) is 7.13. The number of hydrogen-bond acceptors (Lipinski definition) is 7. The van der Waals surface area contributed by atoms with E-state index in [4.69, 9.17) is 21.7 Å². The van der Waals surface area contributed by atoms with Crippen LogP contribution in [-0.4, -0.2) is 76.5 Å². The third-order valence-electron chi connectivity index (χ3n) is 6.93. The van der Waals surface area contributed by atoms with E-state index >= 15 is 0 Å². The molecule has 4 aliphatic heterocycles. The lowest BCUT2D eigenvalue weighted by molar-refractivity contribution is -0.140. The van der Waals surface area contributed by atoms with E-state index in [1.54, 1.807) is 6.20 Å². The molecule has 1 aromatic carbocycles. The van der Waals surface area contributed by atoms with Crippen LogP contribution >= 0.6 is 11.6 Å². The van der Waals surface area contributed by atoms with E-state index in [2.05, 4.69) is 10.3 Å². The van der Waals surface area contributed by atoms with E-state index in [9.17, 15) is 19.1 Å². The number of amides is 1. The lowest BCUT2D eigenvalue weighted by Gasteiger charge is -2.38. The molecule has 0 spiro atoms. The highest BCUT2D eigenvalue weighted by Gasteiger charge is 2.42. The minimum Gasteiger partial charge on any atom is -0.489 e. The largest absolute Gasteiger partial charge is 0.489 e. The molecule has 5 rings (SSSR count). The predicted octanol–water partition coefficient (Wildman–Crippen LogP) is 2.73. The summed E-state index contributed by atoms with van der Waals surface area (Å²) >= 11 is 5.88. The van der Waals surface area contributed by atoms with Crippen molar-refractivity contribution in [1.82, 2.24) is 15.1 Å². The van der Waals surface area contributed by atoms with Crippen molar-refractivity contribution in [1.29, 1.82) is 5.41 Å². The maximum atomic E-state index is 14.2. The number of likely N-dealkylation sites (tertiary alicyclic amines) is 1. The number of fused-ring (bicyclic) bond motifs is 2. The Morgan fingerprint density at radius 1 is 1.26 bits per heavy atom. The number of hydrogen-bond donors (Lipinski definition) is 3. The summed E-state index contributed by atoms with van der Waals surface area (Å²) in [6, 6.07) is 4.05. The molecule has 4 aliphatic rings. The first-order valence-electron chi connectivity index (χ1n) is 11.5. The Balaban J connectivity index is 1.32. The van der Waals surface area contributed by atoms with Crippen LogP contribution in [0, 0.1) is 11.2 Å². The van der Waals surface area contributed by atoms with Gasteiger partial charge in [-0.2, -0.15) is 0 Å². The summed E-state index contributed by atoms with van der Waals surface area (Å²) in [5, 5.41) is 20.9. The molecule has 3 saturated heterocycles. The maximum Gasteiger partial charge on any atom is 0.317 e. The number of carbonyl (C=O) groups excluding carboxylic acids is 1. The van der Waals surface area contributed by atoms with Crippen molar-refractivity contribution in [3.63, 3.8) is 0 Å². The molecule has 1 amide bonds. The van der Waals surface area contributed by atoms with Gasteiger partial charge in [0.15, 0.2) is 0 Å². The van der Waals surface area contributed by atoms with E-state index in [1.807, 2.05) is 4.90 Å². The molecule has 2 bridgehead atoms. The molecule has 0 saturated carbocycles. The van der Waals surface area contributed by atoms with Crippen molar-refractivity contribution >= 4 is 35.4 Å². The van der Waals surface area contributed by atoms with Gasteiger partial charge < -0.3 is 25.5 Å². The molecule has 35 heavy (non-hydrogen) atoms. The molecule has 0 aliphatic carbocycles. The smallest absolute Gasteiger partial charge is 0.317 e. The van der Waals surface area contributed by atoms with E-state index in [1.165, 1.54) is 29.3 Å². The molecule has 3 atom stereocenters. The Morgan fingerprint density at radius 2 is 2.00 bits per heavy atom. The van der Waals surface area contributed by atoms with Crippen molar-refractivity contribution in [2.24, 2.45) is 4.99 Å². The number of rotatable bonds is 5. The van der Waals surface area contributed by atoms with Crippen LogP contribution in [0.2, 0.25) is 0 Å². The summed E-state index contributed by atoms with van der Waals surface area (Å²) in [4.78, 5) is 32.3. The minimum atomic E-state index is -0.849. The number of aliphatic carboxylic acids is 1. The van der Waals surface area contributed by atoms with Gasteiger partial charge in [-0.1, -0.05) is 11.6 Å². The molecular weight excluding hydrogens is 477 g/mol. The van der Waals surface area contributed by atoms with Crippen LogP contribution in [0.25, 0.3) is 0 Å². The fourth-order valence-corrected chi connectivity index (χ4v) is 5.45. The molecule has 3 N–H and O–H groups in total. The molecular formula is C24H25ClFN5O4. The standard InChI is InChI=1S/C24H25ClFN5O4/c25-13-8-28-23(29-9-13)19-10-30(11-20(19)27)24(34)18-4-1-14(26)5-21(18)35-17-6-15-2-3-16(7-17)31(15)12-22(32)33/h1,4-5,8-9,15-17,27-28H,2-3,6-7,10-12H2,(H,32,33)/b23-19+,27-20?/t15-,16+,17+. The van der Waals surface area contributed by atoms with E-state index in [0.717, 1.165) is 12.8 Å². The van der Waals surface area contributed by atoms with Gasteiger partial charge in [-0.05, 0) is 37.8 Å². The molecule has 11 heteroatoms. The minimum absolute atomic E-state index is 0.00537. The van der Waals surface area contributed by atoms with Gasteiger partial charge in [0.25, 0.3) is 5.91 Å². The van der Waals surface area contributed by atoms with E-state index in [-0.39, 0.29) is 60.8 Å². The summed E-state index contributed by atoms with van der Waals surface area (Å²) in [6.45, 7) is 0.281. The molecule has 3 fully saturated rings. The van der Waals surface area contributed by atoms with Gasteiger partial charge >= 0.3 is 5.97 Å². The Bertz CT molecular complexity index is 1170. The van der Waals surface area contributed by atoms with E-state index in [0.29, 0.717) is 29.3 Å². The van der Waals surface area contributed by atoms with Crippen molar-refractivity contribution in [3.8, 4) is 5.75 Å². The number of carbonyl (C=O) groups is 2. The number of ether oxygens (including phenoxy) is 1. The number of nitrogens with zero attached hydrogens (tertiary/aromatic N) is 3. The number of allylic oxidation sites excluding steroid dienone is 1. The summed E-state index contributed by atoms with van der Waals surface area (Å²) < 4.78 is 20.3. The lowest BCUT2D eigenvalue weighted by Crippen LogP contribution is -2.48. The lowest BCUT2D eigenvalue weighted by atomic mass is 9.99. The van der Waals surface area contributed by atoms with Crippen LogP contribution in [0.5, 0.6) is 5.75 Å². The zero-order chi connectivity index (χ0) is 24.7. The fourth-order valence-electron chi connectivity index (χ4n) is 5.35. The monoisotopic (exact) mass is 501 g/mol. The molecule has 0 unspecified atom stereocenters. The quantitative estimate of drug-likeness (QED) is 0.571. The number of benzene rings is 1. The molecule has 184 valence electrons. The van der Waals surface area contributed by atoms with Gasteiger partial charge in [-0.3, -0.25) is 14.5 Å². The second-order valence-electron chi connectivity index (χ2n) is 9.20. The first kappa shape index (κ1) is 23.5. The van der Waals surface area contributed by atoms with E-state index < -0.39 is 11.8 Å². The van der Waals surface area contributed by atoms with Gasteiger partial charge in [0.1, 0.15) is 23.5 Å². The highest BCUT2D eigenvalue weighted by molar-refractivity contribution is 6.39. The number of halogens is 2. The number of piperidine rings is 1. The highest BCUT2D eigenvalue weighted by Crippen LogP contribution is 2.38. The zero-order valence-electron chi connectivity index (χ0n) is 18.8. The first-order chi connectivity index (χ1) is 16.8. The van der Waals surface area contributed by atoms with Crippen LogP contribution < -0.4 is 10.1 Å². The van der Waals surface area contributed by atoms with Gasteiger partial charge in [0.2, 0.25) is 0 Å². The van der Waals surface area contributed by atoms with Crippen LogP contribution in [0.1, 0.15) is 36.0 Å². The van der Waals surface area contributed by atoms with Gasteiger partial charge in [-0.15, -0.1) is 0 Å². The van der Waals surface area contributed by atoms with Crippen molar-refractivity contribution in [3.05, 3.63) is 52.2 Å². The predicted molar refractivity (Wildman–Crippen MR) is 127 cm³/mol. The summed E-state index contributed by atoms with van der Waals surface area (Å²) in [6.07, 6.45) is 5.84. The SMILES string of the molecule is N=C1CN(C(=O)c2ccc(F)cc2O[C@H]2C[C@H]3CC[C@@H](C2)N3CC(=O)O)C/C1=C1\N=CC(Cl)=CN1. The molecule has 0 aromatic heterocycles. The molecule has 0 radical (unpaired) electrons. The Kier molecular flexibility index (Phi) is 6.33. The molecule has 4 heterocycles. The summed E-state index contributed by atoms with van der Waals surface area (Å²) in [7, 11) is 0. The Hall–Kier alpha value is -3.24. The zero-order valence-corrected chi connectivity index (χ0v) is 19.6. The second kappa shape index (κ2) is 9.43. The van der Waals surface area contributed by atoms with Crippen LogP contribution in [-0.2, 0) is 4.79 Å². The van der Waals surface area contributed by atoms with Crippen molar-refractivity contribution in [2.75, 3.05) is 19.6 Å². The van der Waals surface area contributed by atoms with Crippen molar-refractivity contribution in [2.45, 2.75) is 43.9 Å². The maximum absolute atomic E-state index is 14.2. The van der Waals surface area contributed by atoms with Crippen LogP contribution in [0.4, 0.5) is 4.39 Å². The number of aliphatic imine (C=N–C) groups is 1. The number of carboxylic acid groups (broad SMARTS) is 1. The second-order valence-corrected chi connectivity index (χ2v) is 9.64. The molecule has 1 aromatic rings. The topological polar surface area (TPSA) is 118 Å². The Labute approximate surface area is 206 Å². The number of nitrogens with one attached hydrogen (secondary N) is 2.